The van der Waals surface area contributed by atoms with Crippen molar-refractivity contribution in [2.45, 2.75) is 39.7 Å². The van der Waals surface area contributed by atoms with E-state index in [2.05, 4.69) is 12.2 Å². The number of unbranched alkanes of at least 4 members (excludes halogenated alkanes) is 1. The fourth-order valence-corrected chi connectivity index (χ4v) is 1.67. The Morgan fingerprint density at radius 2 is 2.12 bits per heavy atom. The van der Waals surface area contributed by atoms with Gasteiger partial charge in [-0.05, 0) is 45.3 Å². The summed E-state index contributed by atoms with van der Waals surface area (Å²) in [6, 6.07) is 3.80. The van der Waals surface area contributed by atoms with Gasteiger partial charge in [-0.25, -0.2) is 0 Å². The molecule has 0 spiro atoms. The molecule has 1 heterocycles. The SMILES string of the molecule is CCCNCCCCn1cccc(C)c1=O. The van der Waals surface area contributed by atoms with Crippen molar-refractivity contribution < 1.29 is 0 Å². The van der Waals surface area contributed by atoms with Crippen molar-refractivity contribution in [3.63, 3.8) is 0 Å². The summed E-state index contributed by atoms with van der Waals surface area (Å²) >= 11 is 0. The quantitative estimate of drug-likeness (QED) is 0.715. The van der Waals surface area contributed by atoms with E-state index in [1.165, 1.54) is 6.42 Å². The molecule has 0 atom stereocenters. The average Bonchev–Trinajstić information content (AvgIpc) is 2.29. The zero-order chi connectivity index (χ0) is 11.8. The van der Waals surface area contributed by atoms with Crippen LogP contribution in [0.4, 0.5) is 0 Å². The molecule has 1 aromatic heterocycles. The van der Waals surface area contributed by atoms with Gasteiger partial charge in [0.1, 0.15) is 0 Å². The Morgan fingerprint density at radius 3 is 2.88 bits per heavy atom. The second-order valence-electron chi connectivity index (χ2n) is 4.15. The zero-order valence-corrected chi connectivity index (χ0v) is 10.3. The maximum absolute atomic E-state index is 11.7. The standard InChI is InChI=1S/C13H22N2O/c1-3-8-14-9-4-5-10-15-11-6-7-12(2)13(15)16/h6-7,11,14H,3-5,8-10H2,1-2H3. The highest BCUT2D eigenvalue weighted by molar-refractivity contribution is 5.07. The molecule has 0 radical (unpaired) electrons. The molecule has 1 N–H and O–H groups in total. The molecule has 0 fully saturated rings. The van der Waals surface area contributed by atoms with Crippen LogP contribution in [0.2, 0.25) is 0 Å². The van der Waals surface area contributed by atoms with Crippen molar-refractivity contribution in [1.29, 1.82) is 0 Å². The molecule has 0 amide bonds. The summed E-state index contributed by atoms with van der Waals surface area (Å²) in [6.45, 7) is 6.99. The summed E-state index contributed by atoms with van der Waals surface area (Å²) in [4.78, 5) is 11.7. The molecule has 16 heavy (non-hydrogen) atoms. The van der Waals surface area contributed by atoms with Gasteiger partial charge < -0.3 is 9.88 Å². The van der Waals surface area contributed by atoms with Crippen LogP contribution in [0.5, 0.6) is 0 Å². The molecule has 0 aliphatic rings. The topological polar surface area (TPSA) is 34.0 Å². The number of aromatic nitrogens is 1. The summed E-state index contributed by atoms with van der Waals surface area (Å²) in [5.74, 6) is 0. The Bertz CT molecular complexity index is 357. The number of nitrogens with zero attached hydrogens (tertiary/aromatic N) is 1. The van der Waals surface area contributed by atoms with Crippen LogP contribution in [0, 0.1) is 6.92 Å². The average molecular weight is 222 g/mol. The molecule has 0 bridgehead atoms. The smallest absolute Gasteiger partial charge is 0.253 e. The summed E-state index contributed by atoms with van der Waals surface area (Å²) in [5.41, 5.74) is 0.968. The normalized spacial score (nSPS) is 10.6. The third kappa shape index (κ3) is 4.19. The van der Waals surface area contributed by atoms with Crippen LogP contribution in [0.15, 0.2) is 23.1 Å². The van der Waals surface area contributed by atoms with Crippen molar-refractivity contribution in [1.82, 2.24) is 9.88 Å². The second kappa shape index (κ2) is 7.23. The van der Waals surface area contributed by atoms with Crippen molar-refractivity contribution in [3.05, 3.63) is 34.2 Å². The van der Waals surface area contributed by atoms with E-state index in [1.807, 2.05) is 25.3 Å². The molecule has 1 aromatic rings. The molecule has 3 nitrogen and oxygen atoms in total. The van der Waals surface area contributed by atoms with Crippen LogP contribution < -0.4 is 10.9 Å². The van der Waals surface area contributed by atoms with Gasteiger partial charge in [0.2, 0.25) is 0 Å². The van der Waals surface area contributed by atoms with Crippen molar-refractivity contribution in [2.75, 3.05) is 13.1 Å². The second-order valence-corrected chi connectivity index (χ2v) is 4.15. The molecule has 3 heteroatoms. The largest absolute Gasteiger partial charge is 0.317 e. The van der Waals surface area contributed by atoms with Crippen LogP contribution in [0.3, 0.4) is 0 Å². The lowest BCUT2D eigenvalue weighted by Crippen LogP contribution is -2.22. The molecule has 0 saturated carbocycles. The Kier molecular flexibility index (Phi) is 5.86. The Balaban J connectivity index is 2.27. The minimum absolute atomic E-state index is 0.143. The highest BCUT2D eigenvalue weighted by atomic mass is 16.1. The van der Waals surface area contributed by atoms with Crippen LogP contribution >= 0.6 is 0 Å². The fourth-order valence-electron chi connectivity index (χ4n) is 1.67. The minimum Gasteiger partial charge on any atom is -0.317 e. The molecule has 0 aliphatic carbocycles. The van der Waals surface area contributed by atoms with Gasteiger partial charge in [0, 0.05) is 18.3 Å². The Hall–Kier alpha value is -1.09. The van der Waals surface area contributed by atoms with Crippen molar-refractivity contribution in [2.24, 2.45) is 0 Å². The molecular formula is C13H22N2O. The highest BCUT2D eigenvalue weighted by Gasteiger charge is 1.97. The predicted molar refractivity (Wildman–Crippen MR) is 67.8 cm³/mol. The molecule has 1 rings (SSSR count). The number of hydrogen-bond acceptors (Lipinski definition) is 2. The zero-order valence-electron chi connectivity index (χ0n) is 10.3. The van der Waals surface area contributed by atoms with E-state index >= 15 is 0 Å². The van der Waals surface area contributed by atoms with E-state index in [0.29, 0.717) is 0 Å². The number of hydrogen-bond donors (Lipinski definition) is 1. The van der Waals surface area contributed by atoms with Gasteiger partial charge in [0.05, 0.1) is 0 Å². The monoisotopic (exact) mass is 222 g/mol. The molecule has 0 unspecified atom stereocenters. The van der Waals surface area contributed by atoms with Gasteiger partial charge >= 0.3 is 0 Å². The fraction of sp³-hybridized carbons (Fsp3) is 0.615. The van der Waals surface area contributed by atoms with Gasteiger partial charge in [0.15, 0.2) is 0 Å². The lowest BCUT2D eigenvalue weighted by molar-refractivity contribution is 0.557. The third-order valence-electron chi connectivity index (χ3n) is 2.64. The Morgan fingerprint density at radius 1 is 1.31 bits per heavy atom. The van der Waals surface area contributed by atoms with Gasteiger partial charge in [0.25, 0.3) is 5.56 Å². The summed E-state index contributed by atoms with van der Waals surface area (Å²) in [7, 11) is 0. The lowest BCUT2D eigenvalue weighted by atomic mass is 10.2. The van der Waals surface area contributed by atoms with Gasteiger partial charge in [-0.15, -0.1) is 0 Å². The summed E-state index contributed by atoms with van der Waals surface area (Å²) < 4.78 is 1.80. The maximum Gasteiger partial charge on any atom is 0.253 e. The number of nitrogens with one attached hydrogen (secondary N) is 1. The first-order valence-electron chi connectivity index (χ1n) is 6.12. The van der Waals surface area contributed by atoms with Crippen molar-refractivity contribution >= 4 is 0 Å². The maximum atomic E-state index is 11.7. The highest BCUT2D eigenvalue weighted by Crippen LogP contribution is 1.94. The van der Waals surface area contributed by atoms with Crippen LogP contribution in [0.1, 0.15) is 31.7 Å². The summed E-state index contributed by atoms with van der Waals surface area (Å²) in [6.07, 6.45) is 5.23. The lowest BCUT2D eigenvalue weighted by Gasteiger charge is -2.06. The van der Waals surface area contributed by atoms with E-state index in [-0.39, 0.29) is 5.56 Å². The molecule has 90 valence electrons. The number of rotatable bonds is 7. The van der Waals surface area contributed by atoms with E-state index in [4.69, 9.17) is 0 Å². The van der Waals surface area contributed by atoms with E-state index < -0.39 is 0 Å². The van der Waals surface area contributed by atoms with E-state index in [0.717, 1.165) is 38.0 Å². The minimum atomic E-state index is 0.143. The van der Waals surface area contributed by atoms with Gasteiger partial charge in [-0.3, -0.25) is 4.79 Å². The van der Waals surface area contributed by atoms with Gasteiger partial charge in [-0.1, -0.05) is 13.0 Å². The molecule has 0 aliphatic heterocycles. The summed E-state index contributed by atoms with van der Waals surface area (Å²) in [5, 5.41) is 3.36. The van der Waals surface area contributed by atoms with E-state index in [1.54, 1.807) is 4.57 Å². The first-order chi connectivity index (χ1) is 7.75. The number of pyridine rings is 1. The Labute approximate surface area is 97.5 Å². The molecule has 0 saturated heterocycles. The molecular weight excluding hydrogens is 200 g/mol. The third-order valence-corrected chi connectivity index (χ3v) is 2.64. The van der Waals surface area contributed by atoms with Crippen molar-refractivity contribution in [3.8, 4) is 0 Å². The van der Waals surface area contributed by atoms with Gasteiger partial charge in [-0.2, -0.15) is 0 Å². The van der Waals surface area contributed by atoms with Crippen LogP contribution in [-0.4, -0.2) is 17.7 Å². The molecule has 0 aromatic carbocycles. The predicted octanol–water partition coefficient (Wildman–Crippen LogP) is 1.94. The number of aryl methyl sites for hydroxylation is 2. The van der Waals surface area contributed by atoms with Crippen LogP contribution in [0.25, 0.3) is 0 Å². The first kappa shape index (κ1) is 13.0. The van der Waals surface area contributed by atoms with E-state index in [9.17, 15) is 4.79 Å². The van der Waals surface area contributed by atoms with Crippen LogP contribution in [-0.2, 0) is 6.54 Å². The first-order valence-corrected chi connectivity index (χ1v) is 6.12.